The highest BCUT2D eigenvalue weighted by atomic mass is 32.1. The third-order valence-electron chi connectivity index (χ3n) is 9.32. The molecule has 0 bridgehead atoms. The van der Waals surface area contributed by atoms with Gasteiger partial charge in [0.1, 0.15) is 0 Å². The zero-order chi connectivity index (χ0) is 29.5. The molecular formula is C42H26N2S. The standard InChI is InChI=1S/C42H26N2S/c1-2-12-28(13-3-1)43-36-20-8-5-16-33(36)41-29(17-10-21-38(41)43)27-24-25-37-34(26-27)30-14-4-7-19-35(30)44(37)39-22-11-18-32-31-15-6-9-23-40(31)45-42(32)39/h1-26H. The van der Waals surface area contributed by atoms with Crippen LogP contribution in [-0.2, 0) is 0 Å². The fourth-order valence-corrected chi connectivity index (χ4v) is 8.63. The molecule has 0 unspecified atom stereocenters. The third kappa shape index (κ3) is 3.50. The van der Waals surface area contributed by atoms with Gasteiger partial charge in [-0.3, -0.25) is 0 Å². The smallest absolute Gasteiger partial charge is 0.0640 e. The predicted molar refractivity (Wildman–Crippen MR) is 193 cm³/mol. The van der Waals surface area contributed by atoms with Gasteiger partial charge in [0, 0.05) is 42.7 Å². The number of thiophene rings is 1. The van der Waals surface area contributed by atoms with E-state index in [-0.39, 0.29) is 0 Å². The van der Waals surface area contributed by atoms with Crippen LogP contribution in [0, 0.1) is 0 Å². The summed E-state index contributed by atoms with van der Waals surface area (Å²) in [6, 6.07) is 57.6. The maximum absolute atomic E-state index is 2.47. The van der Waals surface area contributed by atoms with Crippen molar-refractivity contribution >= 4 is 75.1 Å². The van der Waals surface area contributed by atoms with Crippen LogP contribution in [0.2, 0.25) is 0 Å². The van der Waals surface area contributed by atoms with Crippen molar-refractivity contribution in [2.45, 2.75) is 0 Å². The minimum absolute atomic E-state index is 1.18. The van der Waals surface area contributed by atoms with Crippen LogP contribution in [0.15, 0.2) is 158 Å². The first-order valence-corrected chi connectivity index (χ1v) is 16.2. The first-order chi connectivity index (χ1) is 22.3. The summed E-state index contributed by atoms with van der Waals surface area (Å²) in [4.78, 5) is 0. The van der Waals surface area contributed by atoms with Crippen molar-refractivity contribution in [1.82, 2.24) is 9.13 Å². The molecule has 3 aromatic heterocycles. The molecule has 7 aromatic carbocycles. The van der Waals surface area contributed by atoms with Crippen LogP contribution in [0.5, 0.6) is 0 Å². The average Bonchev–Trinajstić information content (AvgIpc) is 3.76. The van der Waals surface area contributed by atoms with E-state index < -0.39 is 0 Å². The Bertz CT molecular complexity index is 2760. The maximum Gasteiger partial charge on any atom is 0.0640 e. The van der Waals surface area contributed by atoms with Gasteiger partial charge in [-0.15, -0.1) is 11.3 Å². The third-order valence-corrected chi connectivity index (χ3v) is 10.5. The second kappa shape index (κ2) is 9.43. The maximum atomic E-state index is 2.47. The van der Waals surface area contributed by atoms with Gasteiger partial charge in [-0.1, -0.05) is 103 Å². The second-order valence-electron chi connectivity index (χ2n) is 11.7. The van der Waals surface area contributed by atoms with Crippen molar-refractivity contribution in [2.24, 2.45) is 0 Å². The molecule has 0 saturated heterocycles. The van der Waals surface area contributed by atoms with Crippen LogP contribution in [0.4, 0.5) is 0 Å². The number of hydrogen-bond donors (Lipinski definition) is 0. The van der Waals surface area contributed by atoms with Gasteiger partial charge in [0.2, 0.25) is 0 Å². The lowest BCUT2D eigenvalue weighted by molar-refractivity contribution is 1.18. The number of rotatable bonds is 3. The molecule has 0 fully saturated rings. The monoisotopic (exact) mass is 590 g/mol. The summed E-state index contributed by atoms with van der Waals surface area (Å²) in [5, 5.41) is 7.74. The first kappa shape index (κ1) is 24.8. The molecule has 0 amide bonds. The van der Waals surface area contributed by atoms with Gasteiger partial charge in [-0.2, -0.15) is 0 Å². The van der Waals surface area contributed by atoms with Gasteiger partial charge in [0.15, 0.2) is 0 Å². The molecule has 210 valence electrons. The van der Waals surface area contributed by atoms with Crippen LogP contribution < -0.4 is 0 Å². The van der Waals surface area contributed by atoms with Gasteiger partial charge in [-0.25, -0.2) is 0 Å². The van der Waals surface area contributed by atoms with E-state index in [2.05, 4.69) is 167 Å². The van der Waals surface area contributed by atoms with Gasteiger partial charge in [-0.05, 0) is 65.7 Å². The molecule has 3 heteroatoms. The second-order valence-corrected chi connectivity index (χ2v) is 12.8. The molecule has 3 heterocycles. The van der Waals surface area contributed by atoms with E-state index in [4.69, 9.17) is 0 Å². The fraction of sp³-hybridized carbons (Fsp3) is 0. The molecule has 2 nitrogen and oxygen atoms in total. The highest BCUT2D eigenvalue weighted by Gasteiger charge is 2.19. The Kier molecular flexibility index (Phi) is 5.19. The Morgan fingerprint density at radius 3 is 1.91 bits per heavy atom. The van der Waals surface area contributed by atoms with Gasteiger partial charge < -0.3 is 9.13 Å². The van der Waals surface area contributed by atoms with Gasteiger partial charge >= 0.3 is 0 Å². The summed E-state index contributed by atoms with van der Waals surface area (Å²) in [5.41, 5.74) is 9.79. The lowest BCUT2D eigenvalue weighted by atomic mass is 9.98. The first-order valence-electron chi connectivity index (χ1n) is 15.4. The largest absolute Gasteiger partial charge is 0.309 e. The average molecular weight is 591 g/mol. The molecule has 0 atom stereocenters. The minimum atomic E-state index is 1.18. The summed E-state index contributed by atoms with van der Waals surface area (Å²) < 4.78 is 7.51. The number of hydrogen-bond acceptors (Lipinski definition) is 1. The highest BCUT2D eigenvalue weighted by molar-refractivity contribution is 7.26. The van der Waals surface area contributed by atoms with Gasteiger partial charge in [0.05, 0.1) is 32.5 Å². The summed E-state index contributed by atoms with van der Waals surface area (Å²) in [7, 11) is 0. The normalized spacial score (nSPS) is 12.0. The van der Waals surface area contributed by atoms with Crippen LogP contribution in [0.25, 0.3) is 86.3 Å². The number of para-hydroxylation sites is 3. The van der Waals surface area contributed by atoms with Crippen LogP contribution >= 0.6 is 11.3 Å². The van der Waals surface area contributed by atoms with E-state index >= 15 is 0 Å². The van der Waals surface area contributed by atoms with E-state index in [0.717, 1.165) is 0 Å². The summed E-state index contributed by atoms with van der Waals surface area (Å²) in [6.07, 6.45) is 0. The number of benzene rings is 7. The van der Waals surface area contributed by atoms with Crippen molar-refractivity contribution in [1.29, 1.82) is 0 Å². The van der Waals surface area contributed by atoms with Crippen LogP contribution in [0.3, 0.4) is 0 Å². The van der Waals surface area contributed by atoms with E-state index in [1.165, 1.54) is 86.3 Å². The Labute approximate surface area is 263 Å². The topological polar surface area (TPSA) is 9.86 Å². The highest BCUT2D eigenvalue weighted by Crippen LogP contribution is 2.43. The molecule has 45 heavy (non-hydrogen) atoms. The van der Waals surface area contributed by atoms with Crippen molar-refractivity contribution in [2.75, 3.05) is 0 Å². The number of fused-ring (bicyclic) bond motifs is 9. The molecular weight excluding hydrogens is 565 g/mol. The molecule has 0 radical (unpaired) electrons. The summed E-state index contributed by atoms with van der Waals surface area (Å²) in [5.74, 6) is 0. The number of nitrogens with zero attached hydrogens (tertiary/aromatic N) is 2. The Hall–Kier alpha value is -5.64. The van der Waals surface area contributed by atoms with Crippen molar-refractivity contribution < 1.29 is 0 Å². The van der Waals surface area contributed by atoms with Crippen molar-refractivity contribution in [3.05, 3.63) is 158 Å². The van der Waals surface area contributed by atoms with E-state index in [0.29, 0.717) is 0 Å². The molecule has 10 aromatic rings. The van der Waals surface area contributed by atoms with Crippen LogP contribution in [-0.4, -0.2) is 9.13 Å². The van der Waals surface area contributed by atoms with Crippen molar-refractivity contribution in [3.8, 4) is 22.5 Å². The quantitative estimate of drug-likeness (QED) is 0.194. The Morgan fingerprint density at radius 1 is 0.400 bits per heavy atom. The number of aromatic nitrogens is 2. The molecule has 0 aliphatic carbocycles. The molecule has 0 aliphatic heterocycles. The van der Waals surface area contributed by atoms with Gasteiger partial charge in [0.25, 0.3) is 0 Å². The molecule has 10 rings (SSSR count). The molecule has 0 spiro atoms. The van der Waals surface area contributed by atoms with Crippen molar-refractivity contribution in [3.63, 3.8) is 0 Å². The lowest BCUT2D eigenvalue weighted by Crippen LogP contribution is -1.94. The zero-order valence-corrected chi connectivity index (χ0v) is 25.1. The van der Waals surface area contributed by atoms with E-state index in [9.17, 15) is 0 Å². The predicted octanol–water partition coefficient (Wildman–Crippen LogP) is 11.9. The SMILES string of the molecule is c1ccc(-n2c3ccccc3c3c(-c4ccc5c(c4)c4ccccc4n5-c4cccc5c4sc4ccccc45)cccc32)cc1. The molecule has 0 aliphatic rings. The zero-order valence-electron chi connectivity index (χ0n) is 24.3. The minimum Gasteiger partial charge on any atom is -0.309 e. The summed E-state index contributed by atoms with van der Waals surface area (Å²) >= 11 is 1.88. The molecule has 0 N–H and O–H groups in total. The molecule has 0 saturated carbocycles. The Balaban J connectivity index is 1.26. The van der Waals surface area contributed by atoms with Crippen LogP contribution in [0.1, 0.15) is 0 Å². The lowest BCUT2D eigenvalue weighted by Gasteiger charge is -2.11. The van der Waals surface area contributed by atoms with E-state index in [1.54, 1.807) is 0 Å². The summed E-state index contributed by atoms with van der Waals surface area (Å²) in [6.45, 7) is 0. The fourth-order valence-electron chi connectivity index (χ4n) is 7.42. The van der Waals surface area contributed by atoms with E-state index in [1.807, 2.05) is 11.3 Å². The Morgan fingerprint density at radius 2 is 1.04 bits per heavy atom.